The van der Waals surface area contributed by atoms with E-state index in [1.165, 1.54) is 10.9 Å². The van der Waals surface area contributed by atoms with Gasteiger partial charge in [0.15, 0.2) is 0 Å². The number of hydrogen-bond donors (Lipinski definition) is 0. The Morgan fingerprint density at radius 3 is 2.80 bits per heavy atom. The van der Waals surface area contributed by atoms with Crippen LogP contribution in [0.4, 0.5) is 0 Å². The van der Waals surface area contributed by atoms with Crippen molar-refractivity contribution in [1.82, 2.24) is 0 Å². The van der Waals surface area contributed by atoms with E-state index in [9.17, 15) is 0 Å². The Morgan fingerprint density at radius 2 is 2.07 bits per heavy atom. The van der Waals surface area contributed by atoms with Gasteiger partial charge in [0.2, 0.25) is 0 Å². The van der Waals surface area contributed by atoms with E-state index in [2.05, 4.69) is 45.0 Å². The molecule has 1 nitrogen and oxygen atoms in total. The fourth-order valence-electron chi connectivity index (χ4n) is 1.51. The highest BCUT2D eigenvalue weighted by molar-refractivity contribution is 7.99. The number of aryl methyl sites for hydroxylation is 1. The minimum atomic E-state index is 0.653. The first-order valence-electron chi connectivity index (χ1n) is 5.26. The minimum Gasteiger partial charge on any atom is -0.460 e. The van der Waals surface area contributed by atoms with Crippen LogP contribution in [0.1, 0.15) is 25.2 Å². The Balaban J connectivity index is 2.23. The van der Waals surface area contributed by atoms with Crippen molar-refractivity contribution < 1.29 is 4.42 Å². The van der Waals surface area contributed by atoms with Crippen molar-refractivity contribution in [1.29, 1.82) is 0 Å². The van der Waals surface area contributed by atoms with Crippen LogP contribution < -0.4 is 0 Å². The van der Waals surface area contributed by atoms with E-state index < -0.39 is 0 Å². The fraction of sp³-hybridized carbons (Fsp3) is 0.385. The van der Waals surface area contributed by atoms with E-state index >= 15 is 0 Å². The number of hydrogen-bond acceptors (Lipinski definition) is 2. The number of benzene rings is 1. The molecule has 0 fully saturated rings. The number of rotatable bonds is 3. The van der Waals surface area contributed by atoms with Gasteiger partial charge in [-0.15, -0.1) is 0 Å². The van der Waals surface area contributed by atoms with Gasteiger partial charge in [-0.3, -0.25) is 0 Å². The first-order valence-corrected chi connectivity index (χ1v) is 6.31. The molecule has 0 bridgehead atoms. The van der Waals surface area contributed by atoms with Gasteiger partial charge in [0.25, 0.3) is 0 Å². The highest BCUT2D eigenvalue weighted by Gasteiger charge is 2.04. The lowest BCUT2D eigenvalue weighted by molar-refractivity contribution is 0.573. The first-order chi connectivity index (χ1) is 7.15. The average molecular weight is 220 g/mol. The van der Waals surface area contributed by atoms with Crippen molar-refractivity contribution in [3.63, 3.8) is 0 Å². The molecule has 0 unspecified atom stereocenters. The van der Waals surface area contributed by atoms with Gasteiger partial charge < -0.3 is 4.42 Å². The van der Waals surface area contributed by atoms with Gasteiger partial charge in [-0.1, -0.05) is 26.0 Å². The lowest BCUT2D eigenvalue weighted by atomic mass is 10.2. The minimum absolute atomic E-state index is 0.653. The second-order valence-electron chi connectivity index (χ2n) is 4.11. The summed E-state index contributed by atoms with van der Waals surface area (Å²) < 4.78 is 5.78. The molecule has 0 amide bonds. The van der Waals surface area contributed by atoms with Gasteiger partial charge in [-0.25, -0.2) is 0 Å². The molecular formula is C13H16OS. The molecule has 2 heteroatoms. The summed E-state index contributed by atoms with van der Waals surface area (Å²) >= 11 is 1.91. The van der Waals surface area contributed by atoms with Crippen LogP contribution in [0.3, 0.4) is 0 Å². The van der Waals surface area contributed by atoms with Crippen LogP contribution in [0.25, 0.3) is 11.0 Å². The smallest absolute Gasteiger partial charge is 0.134 e. The fourth-order valence-corrected chi connectivity index (χ4v) is 2.15. The average Bonchev–Trinajstić information content (AvgIpc) is 2.56. The predicted octanol–water partition coefficient (Wildman–Crippen LogP) is 4.38. The summed E-state index contributed by atoms with van der Waals surface area (Å²) in [6, 6.07) is 8.48. The maximum absolute atomic E-state index is 5.78. The maximum atomic E-state index is 5.78. The van der Waals surface area contributed by atoms with Gasteiger partial charge >= 0.3 is 0 Å². The molecule has 0 saturated heterocycles. The van der Waals surface area contributed by atoms with Gasteiger partial charge in [0.05, 0.1) is 5.75 Å². The third-order valence-electron chi connectivity index (χ3n) is 2.29. The lowest BCUT2D eigenvalue weighted by Crippen LogP contribution is -1.86. The van der Waals surface area contributed by atoms with Crippen LogP contribution in [-0.4, -0.2) is 5.25 Å². The maximum Gasteiger partial charge on any atom is 0.134 e. The molecule has 15 heavy (non-hydrogen) atoms. The Hall–Kier alpha value is -0.890. The highest BCUT2D eigenvalue weighted by atomic mass is 32.2. The van der Waals surface area contributed by atoms with Gasteiger partial charge in [-0.05, 0) is 29.9 Å². The third kappa shape index (κ3) is 2.57. The second kappa shape index (κ2) is 4.31. The molecule has 0 N–H and O–H groups in total. The topological polar surface area (TPSA) is 13.1 Å². The molecule has 0 aliphatic carbocycles. The summed E-state index contributed by atoms with van der Waals surface area (Å²) in [6.45, 7) is 6.50. The summed E-state index contributed by atoms with van der Waals surface area (Å²) in [6.07, 6.45) is 0. The van der Waals surface area contributed by atoms with Crippen LogP contribution >= 0.6 is 11.8 Å². The summed E-state index contributed by atoms with van der Waals surface area (Å²) in [5, 5.41) is 1.86. The molecule has 0 saturated carbocycles. The van der Waals surface area contributed by atoms with E-state index in [1.807, 2.05) is 11.8 Å². The zero-order valence-corrected chi connectivity index (χ0v) is 10.2. The normalized spacial score (nSPS) is 11.5. The molecule has 2 aromatic rings. The summed E-state index contributed by atoms with van der Waals surface area (Å²) in [4.78, 5) is 0. The second-order valence-corrected chi connectivity index (χ2v) is 5.68. The van der Waals surface area contributed by atoms with Crippen molar-refractivity contribution >= 4 is 22.7 Å². The number of fused-ring (bicyclic) bond motifs is 1. The van der Waals surface area contributed by atoms with Gasteiger partial charge in [0, 0.05) is 5.39 Å². The molecule has 0 aliphatic rings. The molecule has 2 rings (SSSR count). The summed E-state index contributed by atoms with van der Waals surface area (Å²) in [5.41, 5.74) is 2.26. The molecule has 1 aromatic carbocycles. The monoisotopic (exact) mass is 220 g/mol. The van der Waals surface area contributed by atoms with Crippen molar-refractivity contribution in [2.24, 2.45) is 0 Å². The summed E-state index contributed by atoms with van der Waals surface area (Å²) in [7, 11) is 0. The third-order valence-corrected chi connectivity index (χ3v) is 3.40. The molecule has 0 spiro atoms. The quantitative estimate of drug-likeness (QED) is 0.761. The standard InChI is InChI=1S/C13H16OS/c1-9(2)15-8-12-7-11-5-4-10(3)6-13(11)14-12/h4-7,9H,8H2,1-3H3. The Kier molecular flexibility index (Phi) is 3.06. The molecule has 0 atom stereocenters. The molecule has 80 valence electrons. The van der Waals surface area contributed by atoms with E-state index in [0.717, 1.165) is 17.1 Å². The molecular weight excluding hydrogens is 204 g/mol. The highest BCUT2D eigenvalue weighted by Crippen LogP contribution is 2.24. The van der Waals surface area contributed by atoms with Crippen molar-refractivity contribution in [2.75, 3.05) is 0 Å². The molecule has 0 aliphatic heterocycles. The van der Waals surface area contributed by atoms with E-state index in [-0.39, 0.29) is 0 Å². The van der Waals surface area contributed by atoms with Crippen molar-refractivity contribution in [3.05, 3.63) is 35.6 Å². The SMILES string of the molecule is Cc1ccc2cc(CSC(C)C)oc2c1. The summed E-state index contributed by atoms with van der Waals surface area (Å²) in [5.74, 6) is 2.04. The van der Waals surface area contributed by atoms with Crippen molar-refractivity contribution in [3.8, 4) is 0 Å². The molecule has 1 aromatic heterocycles. The van der Waals surface area contributed by atoms with Crippen LogP contribution in [0.15, 0.2) is 28.7 Å². The van der Waals surface area contributed by atoms with E-state index in [4.69, 9.17) is 4.42 Å². The Labute approximate surface area is 94.9 Å². The van der Waals surface area contributed by atoms with Crippen LogP contribution in [0.5, 0.6) is 0 Å². The molecule has 1 heterocycles. The van der Waals surface area contributed by atoms with Crippen LogP contribution in [0.2, 0.25) is 0 Å². The lowest BCUT2D eigenvalue weighted by Gasteiger charge is -2.00. The number of thioether (sulfide) groups is 1. The van der Waals surface area contributed by atoms with Crippen LogP contribution in [-0.2, 0) is 5.75 Å². The largest absolute Gasteiger partial charge is 0.460 e. The zero-order valence-electron chi connectivity index (χ0n) is 9.41. The number of furan rings is 1. The van der Waals surface area contributed by atoms with Crippen molar-refractivity contribution in [2.45, 2.75) is 31.8 Å². The van der Waals surface area contributed by atoms with E-state index in [1.54, 1.807) is 0 Å². The Morgan fingerprint density at radius 1 is 1.27 bits per heavy atom. The Bertz CT molecular complexity index is 457. The van der Waals surface area contributed by atoms with Gasteiger partial charge in [0.1, 0.15) is 11.3 Å². The zero-order chi connectivity index (χ0) is 10.8. The first kappa shape index (κ1) is 10.6. The predicted molar refractivity (Wildman–Crippen MR) is 67.4 cm³/mol. The molecule has 0 radical (unpaired) electrons. The van der Waals surface area contributed by atoms with E-state index in [0.29, 0.717) is 5.25 Å². The van der Waals surface area contributed by atoms with Gasteiger partial charge in [-0.2, -0.15) is 11.8 Å². The van der Waals surface area contributed by atoms with Crippen LogP contribution in [0, 0.1) is 6.92 Å².